The zero-order chi connectivity index (χ0) is 24.9. The lowest BCUT2D eigenvalue weighted by molar-refractivity contribution is 0.268. The van der Waals surface area contributed by atoms with E-state index < -0.39 is 8.15 Å². The minimum absolute atomic E-state index is 0.0781. The van der Waals surface area contributed by atoms with E-state index in [9.17, 15) is 0 Å². The average Bonchev–Trinajstić information content (AvgIpc) is 2.84. The predicted molar refractivity (Wildman–Crippen MR) is 146 cm³/mol. The van der Waals surface area contributed by atoms with Crippen LogP contribution in [0.5, 0.6) is 0 Å². The van der Waals surface area contributed by atoms with Crippen molar-refractivity contribution in [3.05, 3.63) is 71.5 Å². The van der Waals surface area contributed by atoms with Gasteiger partial charge in [0, 0.05) is 23.0 Å². The molecule has 0 spiro atoms. The number of nitrogens with one attached hydrogen (secondary N) is 3. The highest BCUT2D eigenvalue weighted by Gasteiger charge is 2.27. The molecule has 2 aromatic carbocycles. The normalized spacial score (nSPS) is 17.9. The van der Waals surface area contributed by atoms with Crippen molar-refractivity contribution in [3.8, 4) is 11.3 Å². The highest BCUT2D eigenvalue weighted by Crippen LogP contribution is 2.48. The van der Waals surface area contributed by atoms with Crippen LogP contribution in [0.4, 0.5) is 5.82 Å². The van der Waals surface area contributed by atoms with Crippen LogP contribution in [0.15, 0.2) is 54.7 Å². The molecule has 1 aliphatic heterocycles. The quantitative estimate of drug-likeness (QED) is 0.207. The van der Waals surface area contributed by atoms with Gasteiger partial charge in [0.15, 0.2) is 11.5 Å². The Balaban J connectivity index is 1.44. The molecule has 0 aliphatic carbocycles. The number of nitrogens with two attached hydrogens (primary N) is 1. The van der Waals surface area contributed by atoms with Crippen LogP contribution in [0, 0.1) is 10.8 Å². The van der Waals surface area contributed by atoms with Crippen LogP contribution in [0.25, 0.3) is 11.3 Å². The molecule has 1 unspecified atom stereocenters. The molecule has 182 valence electrons. The smallest absolute Gasteiger partial charge is 0.243 e. The van der Waals surface area contributed by atoms with Gasteiger partial charge in [0.25, 0.3) is 0 Å². The summed E-state index contributed by atoms with van der Waals surface area (Å²) in [5.74, 6) is -0.394. The fourth-order valence-electron chi connectivity index (χ4n) is 3.73. The van der Waals surface area contributed by atoms with Crippen LogP contribution in [-0.4, -0.2) is 60.6 Å². The fraction of sp³-hybridized carbons (Fsp3) is 0.280. The van der Waals surface area contributed by atoms with Gasteiger partial charge in [0.05, 0.1) is 26.1 Å². The molecule has 10 heteroatoms. The maximum atomic E-state index is 8.34. The van der Waals surface area contributed by atoms with Crippen LogP contribution in [0.1, 0.15) is 16.8 Å². The number of anilines is 1. The second-order valence-electron chi connectivity index (χ2n) is 8.47. The monoisotopic (exact) mass is 508 g/mol. The number of hydrogen-bond acceptors (Lipinski definition) is 8. The van der Waals surface area contributed by atoms with Crippen molar-refractivity contribution in [3.63, 3.8) is 0 Å². The molecule has 1 aromatic heterocycles. The maximum absolute atomic E-state index is 8.34. The van der Waals surface area contributed by atoms with Crippen molar-refractivity contribution < 1.29 is 9.26 Å². The lowest BCUT2D eigenvalue weighted by atomic mass is 10.1. The van der Waals surface area contributed by atoms with Gasteiger partial charge in [-0.05, 0) is 50.4 Å². The number of hydrogen-bond donors (Lipinski definition) is 4. The SMILES string of the molecule is CNCc1ccc(C(=N)OC(=N)c2nc(-c3ccc(P(C)OC4CP(C)C4)cc3)cnc2N)cc1. The molecular formula is C25H30N6O2P2. The van der Waals surface area contributed by atoms with Crippen LogP contribution in [-0.2, 0) is 15.8 Å². The molecule has 2 heterocycles. The van der Waals surface area contributed by atoms with Gasteiger partial charge in [-0.25, -0.2) is 9.97 Å². The minimum atomic E-state index is -0.655. The first-order valence-corrected chi connectivity index (χ1v) is 15.1. The molecule has 3 aromatic rings. The number of nitrogen functional groups attached to an aromatic ring is 1. The summed E-state index contributed by atoms with van der Waals surface area (Å²) in [4.78, 5) is 8.72. The number of benzene rings is 2. The third kappa shape index (κ3) is 6.28. The largest absolute Gasteiger partial charge is 0.419 e. The van der Waals surface area contributed by atoms with E-state index in [1.807, 2.05) is 31.3 Å². The lowest BCUT2D eigenvalue weighted by Gasteiger charge is -2.34. The second-order valence-corrected chi connectivity index (χ2v) is 12.6. The van der Waals surface area contributed by atoms with E-state index >= 15 is 0 Å². The molecule has 8 nitrogen and oxygen atoms in total. The van der Waals surface area contributed by atoms with E-state index in [0.29, 0.717) is 17.4 Å². The van der Waals surface area contributed by atoms with Crippen LogP contribution in [0.3, 0.4) is 0 Å². The summed E-state index contributed by atoms with van der Waals surface area (Å²) >= 11 is 0. The summed E-state index contributed by atoms with van der Waals surface area (Å²) in [6, 6.07) is 15.5. The molecule has 0 amide bonds. The first kappa shape index (κ1) is 25.3. The molecule has 4 rings (SSSR count). The summed E-state index contributed by atoms with van der Waals surface area (Å²) in [5.41, 5.74) is 9.18. The Hall–Kier alpha value is -2.76. The summed E-state index contributed by atoms with van der Waals surface area (Å²) in [6.45, 7) is 5.20. The topological polar surface area (TPSA) is 130 Å². The van der Waals surface area contributed by atoms with Gasteiger partial charge in [-0.3, -0.25) is 10.8 Å². The van der Waals surface area contributed by atoms with Gasteiger partial charge >= 0.3 is 0 Å². The number of ether oxygens (including phenoxy) is 1. The van der Waals surface area contributed by atoms with Crippen molar-refractivity contribution in [2.45, 2.75) is 12.6 Å². The molecule has 1 aliphatic rings. The number of nitrogens with zero attached hydrogens (tertiary/aromatic N) is 2. The van der Waals surface area contributed by atoms with Crippen molar-refractivity contribution in [2.24, 2.45) is 0 Å². The Morgan fingerprint density at radius 2 is 1.80 bits per heavy atom. The third-order valence-corrected chi connectivity index (χ3v) is 9.38. The Kier molecular flexibility index (Phi) is 8.19. The van der Waals surface area contributed by atoms with Crippen LogP contribution >= 0.6 is 16.1 Å². The molecule has 0 saturated carbocycles. The van der Waals surface area contributed by atoms with E-state index in [0.717, 1.165) is 17.7 Å². The molecule has 0 bridgehead atoms. The van der Waals surface area contributed by atoms with E-state index in [4.69, 9.17) is 25.8 Å². The first-order chi connectivity index (χ1) is 16.8. The zero-order valence-electron chi connectivity index (χ0n) is 20.1. The van der Waals surface area contributed by atoms with Crippen molar-refractivity contribution in [2.75, 3.05) is 38.4 Å². The van der Waals surface area contributed by atoms with E-state index in [-0.39, 0.29) is 31.2 Å². The Morgan fingerprint density at radius 3 is 2.43 bits per heavy atom. The third-order valence-electron chi connectivity index (χ3n) is 5.68. The minimum Gasteiger partial charge on any atom is -0.419 e. The molecule has 5 N–H and O–H groups in total. The van der Waals surface area contributed by atoms with Crippen LogP contribution in [0.2, 0.25) is 0 Å². The highest BCUT2D eigenvalue weighted by molar-refractivity contribution is 7.61. The van der Waals surface area contributed by atoms with Gasteiger partial charge in [-0.2, -0.15) is 0 Å². The Morgan fingerprint density at radius 1 is 1.11 bits per heavy atom. The highest BCUT2D eigenvalue weighted by atomic mass is 31.1. The van der Waals surface area contributed by atoms with Crippen molar-refractivity contribution in [1.82, 2.24) is 15.3 Å². The van der Waals surface area contributed by atoms with Gasteiger partial charge in [0.1, 0.15) is 0 Å². The van der Waals surface area contributed by atoms with Crippen LogP contribution < -0.4 is 16.4 Å². The van der Waals surface area contributed by atoms with Gasteiger partial charge in [0.2, 0.25) is 11.8 Å². The average molecular weight is 509 g/mol. The molecule has 1 atom stereocenters. The van der Waals surface area contributed by atoms with Gasteiger partial charge in [-0.1, -0.05) is 36.4 Å². The summed E-state index contributed by atoms with van der Waals surface area (Å²) in [7, 11) is 1.41. The predicted octanol–water partition coefficient (Wildman–Crippen LogP) is 3.98. The number of rotatable bonds is 8. The molecular weight excluding hydrogens is 478 g/mol. The lowest BCUT2D eigenvalue weighted by Crippen LogP contribution is -2.29. The fourth-order valence-corrected chi connectivity index (χ4v) is 6.68. The van der Waals surface area contributed by atoms with E-state index in [1.165, 1.54) is 17.6 Å². The molecule has 0 radical (unpaired) electrons. The second kappa shape index (κ2) is 11.3. The Labute approximate surface area is 208 Å². The maximum Gasteiger partial charge on any atom is 0.243 e. The molecule has 1 saturated heterocycles. The number of aromatic nitrogens is 2. The van der Waals surface area contributed by atoms with Crippen molar-refractivity contribution >= 4 is 39.0 Å². The summed E-state index contributed by atoms with van der Waals surface area (Å²) in [5, 5.41) is 20.8. The molecule has 1 fully saturated rings. The Bertz CT molecular complexity index is 1200. The zero-order valence-corrected chi connectivity index (χ0v) is 21.9. The van der Waals surface area contributed by atoms with Gasteiger partial charge < -0.3 is 20.3 Å². The first-order valence-electron chi connectivity index (χ1n) is 11.2. The summed E-state index contributed by atoms with van der Waals surface area (Å²) in [6.07, 6.45) is 4.40. The standard InChI is InChI=1S/C25H30N6O2P2/c1-29-12-16-4-6-18(7-5-16)24(27)32-25(28)22-23(26)30-13-21(31-22)17-8-10-20(11-9-17)35(3)33-19-14-34(2)15-19/h4-11,13,19,27-29H,12,14-15H2,1-3H3,(H2,26,30). The molecule has 35 heavy (non-hydrogen) atoms. The van der Waals surface area contributed by atoms with Gasteiger partial charge in [-0.15, -0.1) is 7.92 Å². The van der Waals surface area contributed by atoms with E-state index in [1.54, 1.807) is 18.3 Å². The van der Waals surface area contributed by atoms with Crippen molar-refractivity contribution in [1.29, 1.82) is 10.8 Å². The summed E-state index contributed by atoms with van der Waals surface area (Å²) < 4.78 is 11.7. The van der Waals surface area contributed by atoms with E-state index in [2.05, 4.69) is 40.7 Å².